The van der Waals surface area contributed by atoms with Gasteiger partial charge in [-0.3, -0.25) is 0 Å². The normalized spacial score (nSPS) is 15.7. The first-order valence-corrected chi connectivity index (χ1v) is 7.83. The SMILES string of the molecule is CC(CCCO)NC(=O)Nc1ccc(N2CCCC2)c(F)c1. The first-order chi connectivity index (χ1) is 10.6. The second kappa shape index (κ2) is 7.98. The molecule has 1 aliphatic rings. The number of aliphatic hydroxyl groups is 1. The molecule has 22 heavy (non-hydrogen) atoms. The summed E-state index contributed by atoms with van der Waals surface area (Å²) in [6.07, 6.45) is 3.52. The molecule has 1 aromatic carbocycles. The third-order valence-corrected chi connectivity index (χ3v) is 3.83. The van der Waals surface area contributed by atoms with Crippen molar-refractivity contribution in [2.45, 2.75) is 38.6 Å². The van der Waals surface area contributed by atoms with Crippen LogP contribution in [0, 0.1) is 5.82 Å². The second-order valence-corrected chi connectivity index (χ2v) is 5.73. The summed E-state index contributed by atoms with van der Waals surface area (Å²) < 4.78 is 14.1. The van der Waals surface area contributed by atoms with E-state index in [1.54, 1.807) is 12.1 Å². The lowest BCUT2D eigenvalue weighted by atomic mass is 10.2. The van der Waals surface area contributed by atoms with E-state index in [0.717, 1.165) is 25.9 Å². The first kappa shape index (κ1) is 16.5. The average molecular weight is 309 g/mol. The predicted molar refractivity (Wildman–Crippen MR) is 85.8 cm³/mol. The minimum atomic E-state index is -0.362. The van der Waals surface area contributed by atoms with E-state index in [1.165, 1.54) is 6.07 Å². The lowest BCUT2D eigenvalue weighted by Gasteiger charge is -2.19. The number of carbonyl (C=O) groups excluding carboxylic acids is 1. The average Bonchev–Trinajstić information content (AvgIpc) is 2.99. The monoisotopic (exact) mass is 309 g/mol. The van der Waals surface area contributed by atoms with E-state index in [1.807, 2.05) is 11.8 Å². The number of anilines is 2. The molecule has 0 aliphatic carbocycles. The van der Waals surface area contributed by atoms with Crippen LogP contribution in [0.2, 0.25) is 0 Å². The molecule has 0 bridgehead atoms. The number of aliphatic hydroxyl groups excluding tert-OH is 1. The highest BCUT2D eigenvalue weighted by Crippen LogP contribution is 2.25. The van der Waals surface area contributed by atoms with Gasteiger partial charge in [0.15, 0.2) is 0 Å². The summed E-state index contributed by atoms with van der Waals surface area (Å²) in [6, 6.07) is 4.38. The van der Waals surface area contributed by atoms with Gasteiger partial charge in [-0.25, -0.2) is 9.18 Å². The summed E-state index contributed by atoms with van der Waals surface area (Å²) in [5, 5.41) is 14.2. The van der Waals surface area contributed by atoms with E-state index in [0.29, 0.717) is 24.2 Å². The van der Waals surface area contributed by atoms with Crippen molar-refractivity contribution in [2.24, 2.45) is 0 Å². The third kappa shape index (κ3) is 4.59. The molecule has 0 radical (unpaired) electrons. The Labute approximate surface area is 130 Å². The Kier molecular flexibility index (Phi) is 6.00. The fourth-order valence-electron chi connectivity index (χ4n) is 2.66. The smallest absolute Gasteiger partial charge is 0.319 e. The Morgan fingerprint density at radius 1 is 1.41 bits per heavy atom. The number of halogens is 1. The molecule has 2 rings (SSSR count). The van der Waals surface area contributed by atoms with Crippen LogP contribution < -0.4 is 15.5 Å². The van der Waals surface area contributed by atoms with Crippen LogP contribution in [0.5, 0.6) is 0 Å². The van der Waals surface area contributed by atoms with Crippen LogP contribution >= 0.6 is 0 Å². The quantitative estimate of drug-likeness (QED) is 0.757. The molecule has 1 fully saturated rings. The fraction of sp³-hybridized carbons (Fsp3) is 0.562. The van der Waals surface area contributed by atoms with Crippen LogP contribution in [0.3, 0.4) is 0 Å². The summed E-state index contributed by atoms with van der Waals surface area (Å²) in [5.41, 5.74) is 1.03. The van der Waals surface area contributed by atoms with Gasteiger partial charge in [0.25, 0.3) is 0 Å². The Morgan fingerprint density at radius 2 is 2.14 bits per heavy atom. The van der Waals surface area contributed by atoms with Gasteiger partial charge >= 0.3 is 6.03 Å². The maximum Gasteiger partial charge on any atom is 0.319 e. The molecule has 5 nitrogen and oxygen atoms in total. The van der Waals surface area contributed by atoms with Crippen molar-refractivity contribution in [2.75, 3.05) is 29.9 Å². The zero-order valence-electron chi connectivity index (χ0n) is 12.9. The standard InChI is InChI=1S/C16H24FN3O2/c1-12(5-4-10-21)18-16(22)19-13-6-7-15(14(17)11-13)20-8-2-3-9-20/h6-7,11-12,21H,2-5,8-10H2,1H3,(H2,18,19,22). The lowest BCUT2D eigenvalue weighted by molar-refractivity contribution is 0.245. The second-order valence-electron chi connectivity index (χ2n) is 5.73. The van der Waals surface area contributed by atoms with Crippen molar-refractivity contribution < 1.29 is 14.3 Å². The Bertz CT molecular complexity index is 504. The minimum Gasteiger partial charge on any atom is -0.396 e. The number of hydrogen-bond donors (Lipinski definition) is 3. The number of amides is 2. The van der Waals surface area contributed by atoms with Crippen molar-refractivity contribution >= 4 is 17.4 Å². The van der Waals surface area contributed by atoms with Gasteiger partial charge in [-0.05, 0) is 50.8 Å². The van der Waals surface area contributed by atoms with Crippen LogP contribution in [0.25, 0.3) is 0 Å². The Balaban J connectivity index is 1.90. The van der Waals surface area contributed by atoms with Crippen molar-refractivity contribution in [3.05, 3.63) is 24.0 Å². The molecular weight excluding hydrogens is 285 g/mol. The molecule has 6 heteroatoms. The molecule has 0 aromatic heterocycles. The van der Waals surface area contributed by atoms with E-state index >= 15 is 0 Å². The highest BCUT2D eigenvalue weighted by molar-refractivity contribution is 5.89. The number of hydrogen-bond acceptors (Lipinski definition) is 3. The molecule has 1 saturated heterocycles. The number of rotatable bonds is 6. The Hall–Kier alpha value is -1.82. The number of carbonyl (C=O) groups is 1. The van der Waals surface area contributed by atoms with E-state index in [2.05, 4.69) is 10.6 Å². The summed E-state index contributed by atoms with van der Waals surface area (Å²) in [6.45, 7) is 3.74. The molecule has 0 spiro atoms. The molecule has 1 unspecified atom stereocenters. The highest BCUT2D eigenvalue weighted by Gasteiger charge is 2.16. The zero-order valence-corrected chi connectivity index (χ0v) is 12.9. The van der Waals surface area contributed by atoms with E-state index < -0.39 is 0 Å². The van der Waals surface area contributed by atoms with Crippen LogP contribution in [-0.4, -0.2) is 36.9 Å². The van der Waals surface area contributed by atoms with E-state index in [4.69, 9.17) is 5.11 Å². The topological polar surface area (TPSA) is 64.6 Å². The van der Waals surface area contributed by atoms with Gasteiger partial charge in [0, 0.05) is 31.4 Å². The van der Waals surface area contributed by atoms with Crippen LogP contribution in [-0.2, 0) is 0 Å². The van der Waals surface area contributed by atoms with Gasteiger partial charge in [-0.2, -0.15) is 0 Å². The number of urea groups is 1. The van der Waals surface area contributed by atoms with Gasteiger partial charge in [0.1, 0.15) is 5.82 Å². The van der Waals surface area contributed by atoms with Crippen LogP contribution in [0.15, 0.2) is 18.2 Å². The zero-order chi connectivity index (χ0) is 15.9. The molecule has 122 valence electrons. The summed E-state index contributed by atoms with van der Waals surface area (Å²) >= 11 is 0. The maximum atomic E-state index is 14.1. The number of benzene rings is 1. The summed E-state index contributed by atoms with van der Waals surface area (Å²) in [5.74, 6) is -0.312. The third-order valence-electron chi connectivity index (χ3n) is 3.83. The van der Waals surface area contributed by atoms with Crippen molar-refractivity contribution in [3.63, 3.8) is 0 Å². The predicted octanol–water partition coefficient (Wildman–Crippen LogP) is 2.71. The van der Waals surface area contributed by atoms with Gasteiger partial charge < -0.3 is 20.6 Å². The van der Waals surface area contributed by atoms with Crippen molar-refractivity contribution in [1.82, 2.24) is 5.32 Å². The van der Waals surface area contributed by atoms with Crippen LogP contribution in [0.4, 0.5) is 20.6 Å². The Morgan fingerprint density at radius 3 is 2.77 bits per heavy atom. The van der Waals surface area contributed by atoms with E-state index in [9.17, 15) is 9.18 Å². The van der Waals surface area contributed by atoms with Gasteiger partial charge in [-0.1, -0.05) is 0 Å². The summed E-state index contributed by atoms with van der Waals surface area (Å²) in [4.78, 5) is 13.8. The van der Waals surface area contributed by atoms with Gasteiger partial charge in [-0.15, -0.1) is 0 Å². The fourth-order valence-corrected chi connectivity index (χ4v) is 2.66. The number of nitrogens with zero attached hydrogens (tertiary/aromatic N) is 1. The molecule has 1 atom stereocenters. The molecule has 1 aliphatic heterocycles. The van der Waals surface area contributed by atoms with Crippen molar-refractivity contribution in [3.8, 4) is 0 Å². The van der Waals surface area contributed by atoms with Gasteiger partial charge in [0.2, 0.25) is 0 Å². The molecule has 3 N–H and O–H groups in total. The minimum absolute atomic E-state index is 0.0409. The van der Waals surface area contributed by atoms with Crippen LogP contribution in [0.1, 0.15) is 32.6 Å². The number of nitrogens with one attached hydrogen (secondary N) is 2. The largest absolute Gasteiger partial charge is 0.396 e. The van der Waals surface area contributed by atoms with E-state index in [-0.39, 0.29) is 24.5 Å². The van der Waals surface area contributed by atoms with Crippen molar-refractivity contribution in [1.29, 1.82) is 0 Å². The summed E-state index contributed by atoms with van der Waals surface area (Å²) in [7, 11) is 0. The molecule has 1 heterocycles. The molecular formula is C16H24FN3O2. The first-order valence-electron chi connectivity index (χ1n) is 7.83. The molecule has 0 saturated carbocycles. The maximum absolute atomic E-state index is 14.1. The lowest BCUT2D eigenvalue weighted by Crippen LogP contribution is -2.36. The van der Waals surface area contributed by atoms with Gasteiger partial charge in [0.05, 0.1) is 5.69 Å². The molecule has 2 amide bonds. The highest BCUT2D eigenvalue weighted by atomic mass is 19.1. The molecule has 1 aromatic rings.